The lowest BCUT2D eigenvalue weighted by molar-refractivity contribution is 0.414. The summed E-state index contributed by atoms with van der Waals surface area (Å²) < 4.78 is 19.1. The zero-order valence-corrected chi connectivity index (χ0v) is 18.1. The summed E-state index contributed by atoms with van der Waals surface area (Å²) in [6.45, 7) is 1.93. The highest BCUT2D eigenvalue weighted by molar-refractivity contribution is 5.72. The molecule has 0 aliphatic carbocycles. The summed E-state index contributed by atoms with van der Waals surface area (Å²) in [6.07, 6.45) is 0. The number of methoxy groups -OCH3 is 1. The van der Waals surface area contributed by atoms with Crippen molar-refractivity contribution in [3.8, 4) is 11.5 Å². The molecule has 7 heteroatoms. The fourth-order valence-electron chi connectivity index (χ4n) is 3.78. The summed E-state index contributed by atoms with van der Waals surface area (Å²) in [5, 5.41) is 16.3. The van der Waals surface area contributed by atoms with Gasteiger partial charge in [-0.3, -0.25) is 14.9 Å². The van der Waals surface area contributed by atoms with Gasteiger partial charge < -0.3 is 15.2 Å². The molecular weight excluding hydrogens is 423 g/mol. The fraction of sp³-hybridized carbons (Fsp3) is 0.154. The lowest BCUT2D eigenvalue weighted by atomic mass is 9.95. The molecule has 0 saturated carbocycles. The molecule has 0 aliphatic rings. The van der Waals surface area contributed by atoms with Crippen LogP contribution >= 0.6 is 0 Å². The molecule has 0 bridgehead atoms. The summed E-state index contributed by atoms with van der Waals surface area (Å²) in [4.78, 5) is 23.3. The normalized spacial score (nSPS) is 12.9. The first-order valence-electron chi connectivity index (χ1n) is 10.4. The van der Waals surface area contributed by atoms with Gasteiger partial charge in [-0.1, -0.05) is 42.5 Å². The van der Waals surface area contributed by atoms with Crippen LogP contribution in [-0.4, -0.2) is 12.2 Å². The van der Waals surface area contributed by atoms with E-state index in [1.54, 1.807) is 25.3 Å². The highest BCUT2D eigenvalue weighted by Gasteiger charge is 2.24. The minimum absolute atomic E-state index is 0.126. The smallest absolute Gasteiger partial charge is 0.271 e. The van der Waals surface area contributed by atoms with Gasteiger partial charge in [0, 0.05) is 11.7 Å². The van der Waals surface area contributed by atoms with E-state index in [2.05, 4.69) is 10.6 Å². The first kappa shape index (κ1) is 22.2. The van der Waals surface area contributed by atoms with Crippen LogP contribution in [0.4, 0.5) is 15.8 Å². The number of anilines is 2. The number of rotatable bonds is 8. The SMILES string of the molecule is COc1ccc(C(N[C@H](C)c2cccc(F)c2)c2ccccc2Nc2c(O)c(=O)c2=O)cc1. The second kappa shape index (κ2) is 9.26. The molecule has 3 N–H and O–H groups in total. The van der Waals surface area contributed by atoms with Crippen LogP contribution in [-0.2, 0) is 0 Å². The van der Waals surface area contributed by atoms with E-state index in [1.165, 1.54) is 12.1 Å². The van der Waals surface area contributed by atoms with Crippen molar-refractivity contribution in [2.24, 2.45) is 0 Å². The zero-order valence-electron chi connectivity index (χ0n) is 18.1. The van der Waals surface area contributed by atoms with Crippen LogP contribution in [0.2, 0.25) is 0 Å². The molecule has 0 saturated heterocycles. The first-order chi connectivity index (χ1) is 15.9. The highest BCUT2D eigenvalue weighted by atomic mass is 19.1. The van der Waals surface area contributed by atoms with E-state index in [-0.39, 0.29) is 23.6 Å². The number of nitrogens with one attached hydrogen (secondary N) is 2. The Hall–Kier alpha value is -3.97. The van der Waals surface area contributed by atoms with Crippen molar-refractivity contribution >= 4 is 11.4 Å². The summed E-state index contributed by atoms with van der Waals surface area (Å²) >= 11 is 0. The highest BCUT2D eigenvalue weighted by Crippen LogP contribution is 2.34. The van der Waals surface area contributed by atoms with Crippen molar-refractivity contribution in [3.63, 3.8) is 0 Å². The fourth-order valence-corrected chi connectivity index (χ4v) is 3.78. The van der Waals surface area contributed by atoms with Crippen LogP contribution in [0.5, 0.6) is 11.5 Å². The van der Waals surface area contributed by atoms with Crippen molar-refractivity contribution in [2.75, 3.05) is 12.4 Å². The predicted octanol–water partition coefficient (Wildman–Crippen LogP) is 4.32. The maximum Gasteiger partial charge on any atom is 0.271 e. The van der Waals surface area contributed by atoms with Gasteiger partial charge in [0.2, 0.25) is 0 Å². The average molecular weight is 446 g/mol. The predicted molar refractivity (Wildman–Crippen MR) is 126 cm³/mol. The van der Waals surface area contributed by atoms with Crippen molar-refractivity contribution in [2.45, 2.75) is 19.0 Å². The molecule has 0 radical (unpaired) electrons. The number of ether oxygens (including phenoxy) is 1. The Balaban J connectivity index is 1.75. The maximum absolute atomic E-state index is 13.8. The van der Waals surface area contributed by atoms with Gasteiger partial charge in [-0.25, -0.2) is 4.39 Å². The number of para-hydroxylation sites is 1. The van der Waals surface area contributed by atoms with Crippen molar-refractivity contribution in [3.05, 3.63) is 116 Å². The number of aromatic hydroxyl groups is 1. The molecule has 6 nitrogen and oxygen atoms in total. The third-order valence-electron chi connectivity index (χ3n) is 5.63. The molecule has 2 atom stereocenters. The molecule has 0 spiro atoms. The summed E-state index contributed by atoms with van der Waals surface area (Å²) in [6, 6.07) is 20.6. The topological polar surface area (TPSA) is 87.7 Å². The third kappa shape index (κ3) is 4.49. The molecule has 0 aliphatic heterocycles. The standard InChI is InChI=1S/C26H23FN2O4/c1-15(17-6-5-7-18(27)14-17)28-22(16-10-12-19(33-2)13-11-16)20-8-3-4-9-21(20)29-23-24(30)26(32)25(23)31/h3-15,22,28-30H,1-2H3/t15-,22?/m1/s1. The number of halogens is 1. The van der Waals surface area contributed by atoms with Crippen molar-refractivity contribution in [1.82, 2.24) is 5.32 Å². The summed E-state index contributed by atoms with van der Waals surface area (Å²) in [5.74, 6) is -0.188. The Morgan fingerprint density at radius 2 is 1.64 bits per heavy atom. The Kier molecular flexibility index (Phi) is 6.24. The van der Waals surface area contributed by atoms with Gasteiger partial charge >= 0.3 is 0 Å². The Morgan fingerprint density at radius 1 is 0.909 bits per heavy atom. The Bertz CT molecular complexity index is 1340. The quantitative estimate of drug-likeness (QED) is 0.350. The zero-order chi connectivity index (χ0) is 23.5. The van der Waals surface area contributed by atoms with Gasteiger partial charge in [0.15, 0.2) is 5.75 Å². The summed E-state index contributed by atoms with van der Waals surface area (Å²) in [7, 11) is 1.59. The Morgan fingerprint density at radius 3 is 2.30 bits per heavy atom. The van der Waals surface area contributed by atoms with Gasteiger partial charge in [-0.2, -0.15) is 0 Å². The van der Waals surface area contributed by atoms with E-state index in [0.717, 1.165) is 16.7 Å². The monoisotopic (exact) mass is 446 g/mol. The third-order valence-corrected chi connectivity index (χ3v) is 5.63. The van der Waals surface area contributed by atoms with E-state index in [9.17, 15) is 19.1 Å². The van der Waals surface area contributed by atoms with E-state index in [1.807, 2.05) is 49.4 Å². The van der Waals surface area contributed by atoms with E-state index >= 15 is 0 Å². The minimum Gasteiger partial charge on any atom is -0.502 e. The first-order valence-corrected chi connectivity index (χ1v) is 10.4. The molecule has 0 amide bonds. The van der Waals surface area contributed by atoms with E-state index < -0.39 is 16.6 Å². The van der Waals surface area contributed by atoms with Gasteiger partial charge in [-0.15, -0.1) is 0 Å². The van der Waals surface area contributed by atoms with Crippen LogP contribution in [0, 0.1) is 5.82 Å². The van der Waals surface area contributed by atoms with Crippen molar-refractivity contribution in [1.29, 1.82) is 0 Å². The van der Waals surface area contributed by atoms with Gasteiger partial charge in [0.25, 0.3) is 10.9 Å². The molecule has 0 aromatic heterocycles. The van der Waals surface area contributed by atoms with Crippen molar-refractivity contribution < 1.29 is 14.2 Å². The second-order valence-electron chi connectivity index (χ2n) is 7.74. The Labute approximate surface area is 190 Å². The van der Waals surface area contributed by atoms with Crippen LogP contribution in [0.1, 0.15) is 35.7 Å². The largest absolute Gasteiger partial charge is 0.502 e. The number of hydrogen-bond donors (Lipinski definition) is 3. The molecule has 4 aromatic rings. The van der Waals surface area contributed by atoms with E-state index in [0.29, 0.717) is 11.4 Å². The van der Waals surface area contributed by atoms with Gasteiger partial charge in [-0.05, 0) is 53.9 Å². The lowest BCUT2D eigenvalue weighted by Crippen LogP contribution is -2.33. The van der Waals surface area contributed by atoms with E-state index in [4.69, 9.17) is 4.74 Å². The van der Waals surface area contributed by atoms with Crippen LogP contribution < -0.4 is 26.2 Å². The average Bonchev–Trinajstić information content (AvgIpc) is 2.85. The van der Waals surface area contributed by atoms with Crippen LogP contribution in [0.25, 0.3) is 0 Å². The van der Waals surface area contributed by atoms with Crippen LogP contribution in [0.15, 0.2) is 82.4 Å². The molecule has 33 heavy (non-hydrogen) atoms. The molecule has 1 unspecified atom stereocenters. The van der Waals surface area contributed by atoms with Gasteiger partial charge in [0.05, 0.1) is 13.2 Å². The van der Waals surface area contributed by atoms with Gasteiger partial charge in [0.1, 0.15) is 17.3 Å². The maximum atomic E-state index is 13.8. The molecule has 4 aromatic carbocycles. The number of hydrogen-bond acceptors (Lipinski definition) is 6. The molecule has 0 heterocycles. The minimum atomic E-state index is -0.903. The molecule has 4 rings (SSSR count). The molecule has 0 fully saturated rings. The molecular formula is C26H23FN2O4. The molecule has 168 valence electrons. The second-order valence-corrected chi connectivity index (χ2v) is 7.74. The summed E-state index contributed by atoms with van der Waals surface area (Å²) in [5.41, 5.74) is 1.22. The number of benzene rings is 3. The van der Waals surface area contributed by atoms with Crippen LogP contribution in [0.3, 0.4) is 0 Å². The lowest BCUT2D eigenvalue weighted by Gasteiger charge is -2.27.